The average Bonchev–Trinajstić information content (AvgIpc) is 1.58. The first-order valence-corrected chi connectivity index (χ1v) is 43.3. The van der Waals surface area contributed by atoms with Gasteiger partial charge in [0.1, 0.15) is 57.6 Å². The lowest BCUT2D eigenvalue weighted by Gasteiger charge is -2.43. The number of ether oxygens (including phenoxy) is 5. The topological polar surface area (TPSA) is 299 Å². The largest absolute Gasteiger partial charge is 0.495 e. The van der Waals surface area contributed by atoms with Gasteiger partial charge in [-0.2, -0.15) is 0 Å². The molecule has 0 unspecified atom stereocenters. The molecule has 2 aromatic carbocycles. The Bertz CT molecular complexity index is 4970. The Hall–Kier alpha value is -7.62. The zero-order valence-corrected chi connectivity index (χ0v) is 69.4. The van der Waals surface area contributed by atoms with Gasteiger partial charge < -0.3 is 33.5 Å². The number of carbonyl (C=O) groups excluding carboxylic acids is 6. The number of amides is 4. The van der Waals surface area contributed by atoms with Crippen molar-refractivity contribution in [2.24, 2.45) is 45.3 Å². The second-order valence-electron chi connectivity index (χ2n) is 34.6. The van der Waals surface area contributed by atoms with Crippen molar-refractivity contribution in [3.05, 3.63) is 106 Å². The molecule has 4 amide bonds. The molecular formula is C83H102Cl2N8O15S3. The van der Waals surface area contributed by atoms with Crippen LogP contribution in [0.5, 0.6) is 23.0 Å². The molecule has 0 bridgehead atoms. The van der Waals surface area contributed by atoms with Crippen LogP contribution in [0, 0.1) is 45.3 Å². The van der Waals surface area contributed by atoms with Crippen molar-refractivity contribution in [2.75, 3.05) is 27.4 Å². The molecule has 4 saturated carbocycles. The fourth-order valence-corrected chi connectivity index (χ4v) is 20.9. The van der Waals surface area contributed by atoms with Crippen LogP contribution in [0.1, 0.15) is 189 Å². The lowest BCUT2D eigenvalue weighted by Crippen LogP contribution is -2.55. The van der Waals surface area contributed by atoms with Gasteiger partial charge in [0.05, 0.1) is 91.8 Å². The third-order valence-corrected chi connectivity index (χ3v) is 30.1. The number of rotatable bonds is 27. The minimum atomic E-state index is -3.93. The van der Waals surface area contributed by atoms with Crippen molar-refractivity contribution >= 4 is 112 Å². The van der Waals surface area contributed by atoms with Gasteiger partial charge in [0.15, 0.2) is 11.6 Å². The van der Waals surface area contributed by atoms with Crippen LogP contribution in [0.4, 0.5) is 0 Å². The molecule has 4 aliphatic heterocycles. The summed E-state index contributed by atoms with van der Waals surface area (Å²) in [6.07, 6.45) is 7.06. The summed E-state index contributed by atoms with van der Waals surface area (Å²) in [5.74, 6) is -1.29. The van der Waals surface area contributed by atoms with Crippen LogP contribution in [0.3, 0.4) is 0 Å². The van der Waals surface area contributed by atoms with E-state index in [2.05, 4.69) is 50.3 Å². The molecule has 596 valence electrons. The zero-order chi connectivity index (χ0) is 80.1. The molecule has 8 heterocycles. The average molecular weight is 1620 g/mol. The minimum absolute atomic E-state index is 0.110. The summed E-state index contributed by atoms with van der Waals surface area (Å²) in [4.78, 5) is 108. The molecule has 4 aromatic heterocycles. The van der Waals surface area contributed by atoms with E-state index in [1.165, 1.54) is 7.11 Å². The van der Waals surface area contributed by atoms with Gasteiger partial charge in [-0.25, -0.2) is 31.8 Å². The second-order valence-corrected chi connectivity index (χ2v) is 40.4. The highest BCUT2D eigenvalue weighted by molar-refractivity contribution is 7.91. The zero-order valence-electron chi connectivity index (χ0n) is 65.4. The Morgan fingerprint density at radius 2 is 1.13 bits per heavy atom. The summed E-state index contributed by atoms with van der Waals surface area (Å²) < 4.78 is 85.8. The highest BCUT2D eigenvalue weighted by Crippen LogP contribution is 2.60. The Labute approximate surface area is 664 Å². The fraction of sp³-hybridized carbons (Fsp3) is 0.566. The first-order chi connectivity index (χ1) is 52.3. The van der Waals surface area contributed by atoms with Gasteiger partial charge in [0.2, 0.25) is 43.7 Å². The standard InChI is InChI=1S/C44H55ClN4O8S.C39H47ClN4O7S2/c1-9-26-23-44(26,41(52)48-58(53,54)43(7)17-18-43)24-34(50)33-22-37(32-15-14-28(42(4,5)6)40(51)49(32)33)57-36-21-31(30-12-10-11-29(46-30)25(2)3)47-39-27(36)13-16-35(38(39)45)56-20-19-55-8;1-8-21-17-39(21,37(47)43-53(48,49)22-9-10-22)18-29(45)28-16-32(27-13-12-24(38(4,5)6)36(46)44(27)28)51-31-15-25(26-19-52-35(42-26)20(2)3)41-34-23(31)11-14-30(50-7)33(34)40/h9-13,16,21,25-26,28,32-33,37H,1,14-15,17-20,22-24H2,2-8H3,(H,48,52);8,11,14-15,19-22,24,27-28,32H,1,9-10,12-13,16-18H2,2-7H3,(H,43,47)/t26-,28+,32-,33+,37-,44-;21-,24+,27-,28+,32-,39-/m11/s1. The van der Waals surface area contributed by atoms with E-state index in [9.17, 15) is 45.6 Å². The number of thiazole rings is 1. The highest BCUT2D eigenvalue weighted by Gasteiger charge is 2.65. The number of allylic oxidation sites excluding steroid dienone is 2. The van der Waals surface area contributed by atoms with Gasteiger partial charge in [-0.1, -0.05) is 111 Å². The Balaban J connectivity index is 0.000000195. The number of fused-ring (bicyclic) bond motifs is 4. The van der Waals surface area contributed by atoms with Crippen molar-refractivity contribution in [1.82, 2.24) is 39.2 Å². The summed E-state index contributed by atoms with van der Waals surface area (Å²) >= 11 is 15.4. The molecule has 111 heavy (non-hydrogen) atoms. The van der Waals surface area contributed by atoms with Gasteiger partial charge in [-0.3, -0.25) is 43.2 Å². The monoisotopic (exact) mass is 1620 g/mol. The van der Waals surface area contributed by atoms with Gasteiger partial charge >= 0.3 is 0 Å². The second kappa shape index (κ2) is 30.6. The number of nitrogens with zero attached hydrogens (tertiary/aromatic N) is 6. The number of nitrogens with one attached hydrogen (secondary N) is 2. The van der Waals surface area contributed by atoms with Gasteiger partial charge in [-0.15, -0.1) is 24.5 Å². The molecule has 0 radical (unpaired) electrons. The van der Waals surface area contributed by atoms with Crippen LogP contribution in [0.2, 0.25) is 10.0 Å². The molecule has 0 spiro atoms. The number of carbonyl (C=O) groups is 6. The van der Waals surface area contributed by atoms with Crippen molar-refractivity contribution in [3.63, 3.8) is 0 Å². The minimum Gasteiger partial charge on any atom is -0.495 e. The van der Waals surface area contributed by atoms with Crippen LogP contribution in [-0.2, 0) is 53.6 Å². The molecule has 4 saturated heterocycles. The molecule has 6 aromatic rings. The third-order valence-electron chi connectivity index (χ3n) is 24.3. The molecule has 4 aliphatic carbocycles. The maximum absolute atomic E-state index is 14.7. The van der Waals surface area contributed by atoms with Crippen molar-refractivity contribution in [2.45, 2.75) is 224 Å². The number of aromatic nitrogens is 4. The van der Waals surface area contributed by atoms with Crippen molar-refractivity contribution < 1.29 is 69.3 Å². The Kier molecular flexibility index (Phi) is 22.5. The third kappa shape index (κ3) is 15.8. The molecule has 14 rings (SSSR count). The SMILES string of the molecule is C=C[C@@H]1C[C@]1(CC(=O)[C@@H]1C[C@@H](Oc2cc(-c3cccc(C(C)C)n3)nc3c(Cl)c(OCCOC)ccc23)[C@H]2CC[C@H](C(C)(C)C)C(=O)N21)C(=O)NS(=O)(=O)C1(C)CC1.C=C[C@@H]1C[C@]1(CC(=O)[C@@H]1C[C@@H](Oc2cc(-c3csc(C(C)C)n3)nc3c(Cl)c(OC)ccc23)[C@H]2CC[C@H](C(C)(C)C)C(=O)N21)C(=O)NS(=O)(=O)C1CC1. The molecule has 2 N–H and O–H groups in total. The number of hydrogen-bond donors (Lipinski definition) is 2. The van der Waals surface area contributed by atoms with E-state index in [-0.39, 0.29) is 102 Å². The number of sulfonamides is 2. The number of halogens is 2. The van der Waals surface area contributed by atoms with E-state index in [1.54, 1.807) is 59.5 Å². The first kappa shape index (κ1) is 81.4. The molecule has 12 atom stereocenters. The Morgan fingerprint density at radius 1 is 0.631 bits per heavy atom. The highest BCUT2D eigenvalue weighted by atomic mass is 35.5. The van der Waals surface area contributed by atoms with E-state index in [1.807, 2.05) is 89.4 Å². The van der Waals surface area contributed by atoms with Crippen LogP contribution in [-0.4, -0.2) is 156 Å². The number of methoxy groups -OCH3 is 2. The number of benzene rings is 2. The van der Waals surface area contributed by atoms with Crippen LogP contribution >= 0.6 is 34.5 Å². The Morgan fingerprint density at radius 3 is 1.57 bits per heavy atom. The van der Waals surface area contributed by atoms with Crippen LogP contribution < -0.4 is 28.4 Å². The number of pyridine rings is 3. The number of Topliss-reactive ketones (excluding diaryl/α,β-unsaturated/α-hetero) is 2. The van der Waals surface area contributed by atoms with E-state index in [0.29, 0.717) is 148 Å². The normalized spacial score (nSPS) is 26.7. The fourth-order valence-electron chi connectivity index (χ4n) is 16.8. The molecule has 8 fully saturated rings. The van der Waals surface area contributed by atoms with E-state index >= 15 is 0 Å². The lowest BCUT2D eigenvalue weighted by atomic mass is 9.74. The van der Waals surface area contributed by atoms with Crippen LogP contribution in [0.15, 0.2) is 85.3 Å². The quantitative estimate of drug-likeness (QED) is 0.0358. The predicted molar refractivity (Wildman–Crippen MR) is 427 cm³/mol. The number of piperidine rings is 2. The van der Waals surface area contributed by atoms with Crippen molar-refractivity contribution in [3.8, 4) is 45.8 Å². The number of ketones is 2. The van der Waals surface area contributed by atoms with Crippen LogP contribution in [0.25, 0.3) is 44.6 Å². The molecule has 8 aliphatic rings. The van der Waals surface area contributed by atoms with E-state index in [4.69, 9.17) is 66.8 Å². The summed E-state index contributed by atoms with van der Waals surface area (Å²) in [6, 6.07) is 14.1. The van der Waals surface area contributed by atoms with Crippen molar-refractivity contribution in [1.29, 1.82) is 0 Å². The molecular weight excluding hydrogens is 1520 g/mol. The summed E-state index contributed by atoms with van der Waals surface area (Å²) in [7, 11) is -4.62. The lowest BCUT2D eigenvalue weighted by molar-refractivity contribution is -0.151. The van der Waals surface area contributed by atoms with Gasteiger partial charge in [0.25, 0.3) is 0 Å². The molecule has 23 nitrogen and oxygen atoms in total. The first-order valence-electron chi connectivity index (χ1n) is 38.6. The summed E-state index contributed by atoms with van der Waals surface area (Å²) in [6.45, 7) is 30.5. The smallest absolute Gasteiger partial charge is 0.240 e. The van der Waals surface area contributed by atoms with Gasteiger partial charge in [0, 0.05) is 84.5 Å². The van der Waals surface area contributed by atoms with Gasteiger partial charge in [-0.05, 0) is 136 Å². The maximum Gasteiger partial charge on any atom is 0.240 e. The summed E-state index contributed by atoms with van der Waals surface area (Å²) in [5.41, 5.74) is 1.03. The maximum atomic E-state index is 14.7. The van der Waals surface area contributed by atoms with E-state index in [0.717, 1.165) is 10.7 Å². The summed E-state index contributed by atoms with van der Waals surface area (Å²) in [5, 5.41) is 4.23. The molecule has 28 heteroatoms. The number of hydrogen-bond acceptors (Lipinski definition) is 20. The van der Waals surface area contributed by atoms with E-state index < -0.39 is 89.1 Å². The predicted octanol–water partition coefficient (Wildman–Crippen LogP) is 14.5.